The number of H-pyrrole nitrogens is 1. The van der Waals surface area contributed by atoms with Gasteiger partial charge in [0.25, 0.3) is 0 Å². The largest absolute Gasteiger partial charge is 0.493 e. The smallest absolute Gasteiger partial charge is 0.188 e. The Morgan fingerprint density at radius 3 is 2.50 bits per heavy atom. The van der Waals surface area contributed by atoms with E-state index in [0.29, 0.717) is 11.5 Å². The third kappa shape index (κ3) is 2.78. The third-order valence-electron chi connectivity index (χ3n) is 3.99. The van der Waals surface area contributed by atoms with E-state index in [9.17, 15) is 0 Å². The van der Waals surface area contributed by atoms with Gasteiger partial charge in [0.2, 0.25) is 0 Å². The highest BCUT2D eigenvalue weighted by Crippen LogP contribution is 2.38. The summed E-state index contributed by atoms with van der Waals surface area (Å²) in [6.07, 6.45) is 0. The van der Waals surface area contributed by atoms with Crippen molar-refractivity contribution in [3.63, 3.8) is 0 Å². The summed E-state index contributed by atoms with van der Waals surface area (Å²) < 4.78 is 10.8. The molecule has 1 aromatic heterocycles. The number of nitrogens with zero attached hydrogens (tertiary/aromatic N) is 2. The minimum Gasteiger partial charge on any atom is -0.493 e. The first-order chi connectivity index (χ1) is 11.6. The molecule has 0 spiro atoms. The van der Waals surface area contributed by atoms with E-state index in [1.54, 1.807) is 14.2 Å². The summed E-state index contributed by atoms with van der Waals surface area (Å²) in [5.41, 5.74) is 3.84. The van der Waals surface area contributed by atoms with Crippen LogP contribution in [0.3, 0.4) is 0 Å². The zero-order valence-electron chi connectivity index (χ0n) is 14.2. The van der Waals surface area contributed by atoms with Crippen molar-refractivity contribution >= 4 is 29.3 Å². The standard InChI is InChI=1S/C18H21N3O2S/c1-21(2)13-8-6-5-7-11(13)17(24)18-19-12-9-10-14(22-3)16(23-4)15(12)20-18/h5-10,17,24H,1-4H3,(H,19,20). The summed E-state index contributed by atoms with van der Waals surface area (Å²) in [6, 6.07) is 12.0. The second-order valence-electron chi connectivity index (χ2n) is 5.68. The number of rotatable bonds is 5. The van der Waals surface area contributed by atoms with Crippen molar-refractivity contribution < 1.29 is 9.47 Å². The molecule has 0 aliphatic carbocycles. The minimum absolute atomic E-state index is 0.174. The highest BCUT2D eigenvalue weighted by Gasteiger charge is 2.20. The van der Waals surface area contributed by atoms with Crippen LogP contribution in [0.1, 0.15) is 16.6 Å². The zero-order valence-corrected chi connectivity index (χ0v) is 15.1. The Morgan fingerprint density at radius 1 is 1.08 bits per heavy atom. The predicted octanol–water partition coefficient (Wildman–Crippen LogP) is 3.67. The molecule has 126 valence electrons. The molecule has 0 saturated carbocycles. The van der Waals surface area contributed by atoms with Crippen LogP contribution in [0.4, 0.5) is 5.69 Å². The topological polar surface area (TPSA) is 50.4 Å². The first-order valence-electron chi connectivity index (χ1n) is 7.61. The van der Waals surface area contributed by atoms with Gasteiger partial charge in [-0.3, -0.25) is 0 Å². The highest BCUT2D eigenvalue weighted by atomic mass is 32.1. The molecule has 0 radical (unpaired) electrons. The number of hydrogen-bond donors (Lipinski definition) is 2. The average molecular weight is 343 g/mol. The fourth-order valence-corrected chi connectivity index (χ4v) is 3.15. The number of aromatic nitrogens is 2. The Balaban J connectivity index is 2.10. The molecule has 1 atom stereocenters. The summed E-state index contributed by atoms with van der Waals surface area (Å²) in [4.78, 5) is 10.1. The lowest BCUT2D eigenvalue weighted by atomic mass is 10.1. The second-order valence-corrected chi connectivity index (χ2v) is 6.19. The lowest BCUT2D eigenvalue weighted by Gasteiger charge is -2.20. The van der Waals surface area contributed by atoms with Crippen LogP contribution < -0.4 is 14.4 Å². The number of hydrogen-bond acceptors (Lipinski definition) is 5. The van der Waals surface area contributed by atoms with Crippen molar-refractivity contribution in [2.45, 2.75) is 5.25 Å². The molecule has 0 fully saturated rings. The SMILES string of the molecule is COc1ccc2[nH]c(C(S)c3ccccc3N(C)C)nc2c1OC. The van der Waals surface area contributed by atoms with Crippen molar-refractivity contribution in [3.8, 4) is 11.5 Å². The van der Waals surface area contributed by atoms with E-state index < -0.39 is 0 Å². The number of para-hydroxylation sites is 1. The number of methoxy groups -OCH3 is 2. The van der Waals surface area contributed by atoms with Gasteiger partial charge in [0.15, 0.2) is 11.5 Å². The molecular formula is C18H21N3O2S. The van der Waals surface area contributed by atoms with E-state index in [0.717, 1.165) is 28.1 Å². The number of imidazole rings is 1. The van der Waals surface area contributed by atoms with Crippen LogP contribution in [-0.4, -0.2) is 38.3 Å². The summed E-state index contributed by atoms with van der Waals surface area (Å²) in [7, 11) is 7.27. The first-order valence-corrected chi connectivity index (χ1v) is 8.13. The number of ether oxygens (including phenoxy) is 2. The maximum absolute atomic E-state index is 5.47. The average Bonchev–Trinajstić information content (AvgIpc) is 3.04. The number of anilines is 1. The molecule has 1 heterocycles. The van der Waals surface area contributed by atoms with Gasteiger partial charge in [0.05, 0.1) is 25.0 Å². The number of fused-ring (bicyclic) bond motifs is 1. The third-order valence-corrected chi connectivity index (χ3v) is 4.51. The summed E-state index contributed by atoms with van der Waals surface area (Å²) >= 11 is 4.80. The van der Waals surface area contributed by atoms with Gasteiger partial charge < -0.3 is 19.4 Å². The molecule has 0 amide bonds. The van der Waals surface area contributed by atoms with Gasteiger partial charge in [-0.15, -0.1) is 0 Å². The van der Waals surface area contributed by atoms with Crippen LogP contribution >= 0.6 is 12.6 Å². The molecule has 0 saturated heterocycles. The van der Waals surface area contributed by atoms with Crippen LogP contribution in [0, 0.1) is 0 Å². The summed E-state index contributed by atoms with van der Waals surface area (Å²) in [6.45, 7) is 0. The van der Waals surface area contributed by atoms with Crippen molar-refractivity contribution in [3.05, 3.63) is 47.8 Å². The van der Waals surface area contributed by atoms with E-state index in [-0.39, 0.29) is 5.25 Å². The Kier molecular flexibility index (Phi) is 4.57. The Hall–Kier alpha value is -2.34. The number of thiol groups is 1. The number of aromatic amines is 1. The van der Waals surface area contributed by atoms with Gasteiger partial charge >= 0.3 is 0 Å². The van der Waals surface area contributed by atoms with E-state index in [1.165, 1.54) is 0 Å². The van der Waals surface area contributed by atoms with Crippen molar-refractivity contribution in [1.29, 1.82) is 0 Å². The normalized spacial score (nSPS) is 12.2. The van der Waals surface area contributed by atoms with Crippen molar-refractivity contribution in [2.24, 2.45) is 0 Å². The predicted molar refractivity (Wildman–Crippen MR) is 101 cm³/mol. The van der Waals surface area contributed by atoms with E-state index in [1.807, 2.05) is 38.4 Å². The maximum Gasteiger partial charge on any atom is 0.188 e. The molecule has 2 aromatic carbocycles. The fourth-order valence-electron chi connectivity index (χ4n) is 2.81. The molecular weight excluding hydrogens is 322 g/mol. The monoisotopic (exact) mass is 343 g/mol. The van der Waals surface area contributed by atoms with Gasteiger partial charge in [-0.25, -0.2) is 4.98 Å². The molecule has 24 heavy (non-hydrogen) atoms. The molecule has 3 aromatic rings. The van der Waals surface area contributed by atoms with Crippen LogP contribution in [0.15, 0.2) is 36.4 Å². The molecule has 5 nitrogen and oxygen atoms in total. The lowest BCUT2D eigenvalue weighted by molar-refractivity contribution is 0.358. The summed E-state index contributed by atoms with van der Waals surface area (Å²) in [5.74, 6) is 2.06. The van der Waals surface area contributed by atoms with Crippen molar-refractivity contribution in [1.82, 2.24) is 9.97 Å². The Labute approximate surface area is 147 Å². The van der Waals surface area contributed by atoms with Crippen molar-refractivity contribution in [2.75, 3.05) is 33.2 Å². The van der Waals surface area contributed by atoms with E-state index >= 15 is 0 Å². The second kappa shape index (κ2) is 6.65. The molecule has 0 aliphatic heterocycles. The molecule has 3 rings (SSSR count). The minimum atomic E-state index is -0.174. The van der Waals surface area contributed by atoms with Crippen LogP contribution in [0.5, 0.6) is 11.5 Å². The number of nitrogens with one attached hydrogen (secondary N) is 1. The van der Waals surface area contributed by atoms with Gasteiger partial charge in [0, 0.05) is 19.8 Å². The van der Waals surface area contributed by atoms with E-state index in [4.69, 9.17) is 27.1 Å². The first kappa shape index (κ1) is 16.5. The lowest BCUT2D eigenvalue weighted by Crippen LogP contribution is -2.12. The summed E-state index contributed by atoms with van der Waals surface area (Å²) in [5, 5.41) is -0.174. The fraction of sp³-hybridized carbons (Fsp3) is 0.278. The molecule has 1 unspecified atom stereocenters. The molecule has 0 bridgehead atoms. The molecule has 0 aliphatic rings. The van der Waals surface area contributed by atoms with Crippen LogP contribution in [-0.2, 0) is 0 Å². The van der Waals surface area contributed by atoms with Gasteiger partial charge in [-0.1, -0.05) is 18.2 Å². The zero-order chi connectivity index (χ0) is 17.3. The van der Waals surface area contributed by atoms with Gasteiger partial charge in [-0.05, 0) is 23.8 Å². The quantitative estimate of drug-likeness (QED) is 0.694. The molecule has 6 heteroatoms. The Bertz CT molecular complexity index is 861. The number of benzene rings is 2. The van der Waals surface area contributed by atoms with Crippen LogP contribution in [0.2, 0.25) is 0 Å². The van der Waals surface area contributed by atoms with Gasteiger partial charge in [-0.2, -0.15) is 12.6 Å². The van der Waals surface area contributed by atoms with E-state index in [2.05, 4.69) is 22.0 Å². The van der Waals surface area contributed by atoms with Gasteiger partial charge in [0.1, 0.15) is 11.3 Å². The maximum atomic E-state index is 5.47. The molecule has 1 N–H and O–H groups in total. The Morgan fingerprint density at radius 2 is 1.83 bits per heavy atom. The highest BCUT2D eigenvalue weighted by molar-refractivity contribution is 7.80. The van der Waals surface area contributed by atoms with Crippen LogP contribution in [0.25, 0.3) is 11.0 Å².